The van der Waals surface area contributed by atoms with E-state index in [0.29, 0.717) is 11.9 Å². The average molecular weight is 417 g/mol. The van der Waals surface area contributed by atoms with E-state index in [0.717, 1.165) is 12.1 Å². The first-order chi connectivity index (χ1) is 13.0. The third-order valence-corrected chi connectivity index (χ3v) is 5.05. The summed E-state index contributed by atoms with van der Waals surface area (Å²) < 4.78 is 63.6. The van der Waals surface area contributed by atoms with Crippen LogP contribution in [0, 0.1) is 11.6 Å². The molecule has 2 aromatic rings. The number of nitrogens with two attached hydrogens (primary N) is 1. The minimum Gasteiger partial charge on any atom is -0.449 e. The van der Waals surface area contributed by atoms with Gasteiger partial charge in [-0.05, 0) is 12.8 Å². The smallest absolute Gasteiger partial charge is 0.404 e. The maximum atomic E-state index is 13.4. The normalized spacial score (nSPS) is 11.6. The Balaban J connectivity index is 2.48. The van der Waals surface area contributed by atoms with E-state index in [4.69, 9.17) is 9.92 Å². The lowest BCUT2D eigenvalue weighted by atomic mass is 10.1. The predicted octanol–water partition coefficient (Wildman–Crippen LogP) is 2.71. The van der Waals surface area contributed by atoms with Gasteiger partial charge in [0.05, 0.1) is 5.69 Å². The third kappa shape index (κ3) is 4.97. The molecule has 11 heteroatoms. The van der Waals surface area contributed by atoms with Crippen molar-refractivity contribution in [3.8, 4) is 5.75 Å². The van der Waals surface area contributed by atoms with Crippen molar-refractivity contribution < 1.29 is 30.9 Å². The van der Waals surface area contributed by atoms with Crippen LogP contribution in [0.15, 0.2) is 23.2 Å². The third-order valence-electron chi connectivity index (χ3n) is 3.74. The first-order valence-electron chi connectivity index (χ1n) is 8.47. The van der Waals surface area contributed by atoms with E-state index in [-0.39, 0.29) is 36.2 Å². The Morgan fingerprint density at radius 1 is 1.25 bits per heavy atom. The van der Waals surface area contributed by atoms with Crippen LogP contribution < -0.4 is 9.92 Å². The van der Waals surface area contributed by atoms with Crippen molar-refractivity contribution in [2.45, 2.75) is 44.7 Å². The van der Waals surface area contributed by atoms with Crippen LogP contribution in [0.3, 0.4) is 0 Å². The molecule has 2 N–H and O–H groups in total. The van der Waals surface area contributed by atoms with Crippen LogP contribution in [0.2, 0.25) is 0 Å². The molecule has 1 aromatic carbocycles. The van der Waals surface area contributed by atoms with Crippen molar-refractivity contribution in [2.75, 3.05) is 6.61 Å². The Morgan fingerprint density at radius 2 is 1.86 bits per heavy atom. The summed E-state index contributed by atoms with van der Waals surface area (Å²) >= 11 is 0. The number of imidazole rings is 1. The number of halogens is 2. The zero-order valence-electron chi connectivity index (χ0n) is 15.6. The highest BCUT2D eigenvalue weighted by Crippen LogP contribution is 2.28. The molecule has 0 atom stereocenters. The molecule has 1 heterocycles. The van der Waals surface area contributed by atoms with E-state index < -0.39 is 33.6 Å². The summed E-state index contributed by atoms with van der Waals surface area (Å²) in [5.74, 6) is -2.37. The van der Waals surface area contributed by atoms with Gasteiger partial charge in [0.2, 0.25) is 0 Å². The van der Waals surface area contributed by atoms with Gasteiger partial charge in [0.15, 0.2) is 5.03 Å². The quantitative estimate of drug-likeness (QED) is 0.661. The van der Waals surface area contributed by atoms with Crippen LogP contribution >= 0.6 is 0 Å². The molecule has 0 bridgehead atoms. The van der Waals surface area contributed by atoms with Gasteiger partial charge in [-0.15, -0.1) is 0 Å². The van der Waals surface area contributed by atoms with E-state index in [1.54, 1.807) is 20.8 Å². The molecule has 0 saturated carbocycles. The molecule has 28 heavy (non-hydrogen) atoms. The SMILES string of the molecule is CCn1c(CCOC(N)=O)nc(C(C)C)c1S(=O)(=O)Oc1cc(F)cc(F)c1. The number of amides is 1. The minimum atomic E-state index is -4.45. The molecule has 0 radical (unpaired) electrons. The molecule has 0 saturated heterocycles. The number of primary amides is 1. The number of nitrogens with zero attached hydrogens (tertiary/aromatic N) is 2. The van der Waals surface area contributed by atoms with Crippen molar-refractivity contribution >= 4 is 16.2 Å². The zero-order valence-corrected chi connectivity index (χ0v) is 16.4. The topological polar surface area (TPSA) is 114 Å². The largest absolute Gasteiger partial charge is 0.449 e. The maximum absolute atomic E-state index is 13.4. The predicted molar refractivity (Wildman–Crippen MR) is 95.4 cm³/mol. The molecule has 0 aliphatic heterocycles. The number of ether oxygens (including phenoxy) is 1. The number of hydrogen-bond donors (Lipinski definition) is 1. The Labute approximate surface area is 161 Å². The highest BCUT2D eigenvalue weighted by atomic mass is 32.2. The highest BCUT2D eigenvalue weighted by Gasteiger charge is 2.31. The van der Waals surface area contributed by atoms with E-state index in [1.165, 1.54) is 4.57 Å². The van der Waals surface area contributed by atoms with E-state index in [2.05, 4.69) is 9.72 Å². The van der Waals surface area contributed by atoms with Crippen molar-refractivity contribution in [1.29, 1.82) is 0 Å². The lowest BCUT2D eigenvalue weighted by Gasteiger charge is -2.13. The van der Waals surface area contributed by atoms with Gasteiger partial charge in [-0.25, -0.2) is 18.6 Å². The Hall–Kier alpha value is -2.69. The fraction of sp³-hybridized carbons (Fsp3) is 0.412. The second-order valence-electron chi connectivity index (χ2n) is 6.18. The first kappa shape index (κ1) is 21.6. The van der Waals surface area contributed by atoms with Crippen molar-refractivity contribution in [1.82, 2.24) is 9.55 Å². The fourth-order valence-electron chi connectivity index (χ4n) is 2.64. The monoisotopic (exact) mass is 417 g/mol. The molecule has 1 amide bonds. The second kappa shape index (κ2) is 8.55. The number of aromatic nitrogens is 2. The Kier molecular flexibility index (Phi) is 6.60. The van der Waals surface area contributed by atoms with Gasteiger partial charge >= 0.3 is 16.2 Å². The van der Waals surface area contributed by atoms with Crippen LogP contribution in [-0.2, 0) is 27.8 Å². The molecule has 0 unspecified atom stereocenters. The fourth-order valence-corrected chi connectivity index (χ4v) is 4.11. The van der Waals surface area contributed by atoms with Gasteiger partial charge in [0, 0.05) is 31.2 Å². The molecule has 0 fully saturated rings. The van der Waals surface area contributed by atoms with Gasteiger partial charge < -0.3 is 19.2 Å². The van der Waals surface area contributed by atoms with Gasteiger partial charge in [0.1, 0.15) is 29.8 Å². The summed E-state index contributed by atoms with van der Waals surface area (Å²) in [6, 6.07) is 2.14. The van der Waals surface area contributed by atoms with Crippen LogP contribution in [0.4, 0.5) is 13.6 Å². The Morgan fingerprint density at radius 3 is 2.36 bits per heavy atom. The zero-order chi connectivity index (χ0) is 21.1. The summed E-state index contributed by atoms with van der Waals surface area (Å²) in [5, 5.41) is -0.219. The minimum absolute atomic E-state index is 0.0840. The second-order valence-corrected chi connectivity index (χ2v) is 7.64. The number of carbonyl (C=O) groups excluding carboxylic acids is 1. The van der Waals surface area contributed by atoms with E-state index in [9.17, 15) is 22.0 Å². The number of rotatable bonds is 8. The molecule has 0 aliphatic rings. The standard InChI is InChI=1S/C17H21F2N3O5S/c1-4-22-14(5-6-26-17(20)23)21-15(10(2)3)16(22)28(24,25)27-13-8-11(18)7-12(19)9-13/h7-10H,4-6H2,1-3H3,(H2,20,23). The number of hydrogen-bond acceptors (Lipinski definition) is 6. The number of benzene rings is 1. The summed E-state index contributed by atoms with van der Waals surface area (Å²) in [7, 11) is -4.45. The average Bonchev–Trinajstić information content (AvgIpc) is 2.92. The summed E-state index contributed by atoms with van der Waals surface area (Å²) in [4.78, 5) is 15.1. The summed E-state index contributed by atoms with van der Waals surface area (Å²) in [6.07, 6.45) is -0.830. The van der Waals surface area contributed by atoms with Crippen molar-refractivity contribution in [2.24, 2.45) is 5.73 Å². The molecule has 2 rings (SSSR count). The lowest BCUT2D eigenvalue weighted by Crippen LogP contribution is -2.19. The van der Waals surface area contributed by atoms with E-state index >= 15 is 0 Å². The first-order valence-corrected chi connectivity index (χ1v) is 9.88. The summed E-state index contributed by atoms with van der Waals surface area (Å²) in [5.41, 5.74) is 5.15. The maximum Gasteiger partial charge on any atom is 0.404 e. The molecular formula is C17H21F2N3O5S. The van der Waals surface area contributed by atoms with Gasteiger partial charge in [-0.2, -0.15) is 8.42 Å². The van der Waals surface area contributed by atoms with Crippen molar-refractivity contribution in [3.63, 3.8) is 0 Å². The molecule has 0 spiro atoms. The molecule has 0 aliphatic carbocycles. The Bertz CT molecular complexity index is 953. The molecule has 1 aromatic heterocycles. The van der Waals surface area contributed by atoms with Crippen LogP contribution in [-0.4, -0.2) is 30.7 Å². The molecule has 154 valence electrons. The van der Waals surface area contributed by atoms with Crippen LogP contribution in [0.5, 0.6) is 5.75 Å². The van der Waals surface area contributed by atoms with Crippen molar-refractivity contribution in [3.05, 3.63) is 41.4 Å². The number of carbonyl (C=O) groups is 1. The van der Waals surface area contributed by atoms with Gasteiger partial charge in [-0.1, -0.05) is 13.8 Å². The highest BCUT2D eigenvalue weighted by molar-refractivity contribution is 7.87. The van der Waals surface area contributed by atoms with Gasteiger partial charge in [0.25, 0.3) is 0 Å². The summed E-state index contributed by atoms with van der Waals surface area (Å²) in [6.45, 7) is 5.32. The molecular weight excluding hydrogens is 396 g/mol. The van der Waals surface area contributed by atoms with Crippen LogP contribution in [0.1, 0.15) is 38.2 Å². The lowest BCUT2D eigenvalue weighted by molar-refractivity contribution is 0.157. The molecule has 8 nitrogen and oxygen atoms in total. The van der Waals surface area contributed by atoms with E-state index in [1.807, 2.05) is 0 Å². The van der Waals surface area contributed by atoms with Gasteiger partial charge in [-0.3, -0.25) is 0 Å². The van der Waals surface area contributed by atoms with Crippen LogP contribution in [0.25, 0.3) is 0 Å².